The minimum Gasteiger partial charge on any atom is -0.459 e. The summed E-state index contributed by atoms with van der Waals surface area (Å²) in [4.78, 5) is 12.5. The summed E-state index contributed by atoms with van der Waals surface area (Å²) >= 11 is 0. The third kappa shape index (κ3) is 9.52. The van der Waals surface area contributed by atoms with E-state index in [1.807, 2.05) is 26.8 Å². The zero-order valence-corrected chi connectivity index (χ0v) is 18.8. The van der Waals surface area contributed by atoms with Gasteiger partial charge in [0.05, 0.1) is 12.2 Å². The third-order valence-corrected chi connectivity index (χ3v) is 5.62. The van der Waals surface area contributed by atoms with Crippen LogP contribution < -0.4 is 0 Å². The summed E-state index contributed by atoms with van der Waals surface area (Å²) in [6, 6.07) is 0. The SMILES string of the molecule is C/C=C/C/C=C/[C@H](C)C[C@H](O)[C@@H]1C[C@@H]2O[C@H]2/C=C/[C@H](O)[C@@H](O)/C=C/C[C@H](C)CC(=O)O1. The van der Waals surface area contributed by atoms with E-state index in [9.17, 15) is 20.1 Å². The second-order valence-electron chi connectivity index (χ2n) is 8.76. The maximum absolute atomic E-state index is 12.5. The van der Waals surface area contributed by atoms with Gasteiger partial charge in [-0.05, 0) is 38.0 Å². The van der Waals surface area contributed by atoms with Crippen molar-refractivity contribution in [3.8, 4) is 0 Å². The van der Waals surface area contributed by atoms with Gasteiger partial charge in [-0.3, -0.25) is 4.79 Å². The summed E-state index contributed by atoms with van der Waals surface area (Å²) in [5.41, 5.74) is 0. The van der Waals surface area contributed by atoms with Crippen molar-refractivity contribution >= 4 is 5.97 Å². The molecule has 0 aromatic heterocycles. The predicted molar refractivity (Wildman–Crippen MR) is 120 cm³/mol. The molecule has 0 bridgehead atoms. The fourth-order valence-corrected chi connectivity index (χ4v) is 3.65. The van der Waals surface area contributed by atoms with Crippen LogP contribution in [0.3, 0.4) is 0 Å². The number of ether oxygens (including phenoxy) is 2. The van der Waals surface area contributed by atoms with Gasteiger partial charge in [-0.25, -0.2) is 0 Å². The molecule has 31 heavy (non-hydrogen) atoms. The van der Waals surface area contributed by atoms with Gasteiger partial charge in [0.25, 0.3) is 0 Å². The van der Waals surface area contributed by atoms with E-state index in [-0.39, 0.29) is 36.4 Å². The fourth-order valence-electron chi connectivity index (χ4n) is 3.65. The van der Waals surface area contributed by atoms with E-state index in [1.54, 1.807) is 18.2 Å². The first-order chi connectivity index (χ1) is 14.8. The second kappa shape index (κ2) is 13.0. The average Bonchev–Trinajstić information content (AvgIpc) is 3.45. The van der Waals surface area contributed by atoms with Crippen LogP contribution in [-0.2, 0) is 14.3 Å². The molecule has 6 heteroatoms. The molecule has 1 saturated heterocycles. The Morgan fingerprint density at radius 3 is 2.68 bits per heavy atom. The highest BCUT2D eigenvalue weighted by molar-refractivity contribution is 5.69. The smallest absolute Gasteiger partial charge is 0.306 e. The molecule has 8 atom stereocenters. The summed E-state index contributed by atoms with van der Waals surface area (Å²) in [6.07, 6.45) is 13.4. The van der Waals surface area contributed by atoms with Gasteiger partial charge in [0, 0.05) is 12.8 Å². The molecule has 1 fully saturated rings. The van der Waals surface area contributed by atoms with E-state index in [0.29, 0.717) is 19.3 Å². The van der Waals surface area contributed by atoms with E-state index in [0.717, 1.165) is 6.42 Å². The van der Waals surface area contributed by atoms with Crippen LogP contribution >= 0.6 is 0 Å². The summed E-state index contributed by atoms with van der Waals surface area (Å²) < 4.78 is 11.3. The van der Waals surface area contributed by atoms with Crippen LogP contribution in [0.25, 0.3) is 0 Å². The van der Waals surface area contributed by atoms with Crippen molar-refractivity contribution in [1.82, 2.24) is 0 Å². The fraction of sp³-hybridized carbons (Fsp3) is 0.640. The molecule has 0 aliphatic carbocycles. The van der Waals surface area contributed by atoms with Crippen molar-refractivity contribution in [3.63, 3.8) is 0 Å². The van der Waals surface area contributed by atoms with Gasteiger partial charge in [0.2, 0.25) is 0 Å². The number of allylic oxidation sites excluding steroid dienone is 5. The van der Waals surface area contributed by atoms with Crippen LogP contribution in [0.2, 0.25) is 0 Å². The topological polar surface area (TPSA) is 99.5 Å². The van der Waals surface area contributed by atoms with Crippen molar-refractivity contribution < 1.29 is 29.6 Å². The highest BCUT2D eigenvalue weighted by atomic mass is 16.6. The molecule has 0 amide bonds. The number of cyclic esters (lactones) is 1. The number of hydrogen-bond donors (Lipinski definition) is 3. The summed E-state index contributed by atoms with van der Waals surface area (Å²) in [5.74, 6) is -0.179. The van der Waals surface area contributed by atoms with E-state index < -0.39 is 24.4 Å². The Morgan fingerprint density at radius 2 is 1.94 bits per heavy atom. The number of carbonyl (C=O) groups excluding carboxylic acids is 1. The molecule has 0 radical (unpaired) electrons. The highest BCUT2D eigenvalue weighted by Gasteiger charge is 2.41. The number of aliphatic hydroxyl groups is 3. The molecule has 2 heterocycles. The van der Waals surface area contributed by atoms with Crippen LogP contribution in [0.5, 0.6) is 0 Å². The van der Waals surface area contributed by atoms with Crippen LogP contribution in [0, 0.1) is 11.8 Å². The van der Waals surface area contributed by atoms with Crippen molar-refractivity contribution in [2.24, 2.45) is 11.8 Å². The minimum absolute atomic E-state index is 0.0185. The van der Waals surface area contributed by atoms with Gasteiger partial charge in [0.1, 0.15) is 24.4 Å². The quantitative estimate of drug-likeness (QED) is 0.337. The van der Waals surface area contributed by atoms with Crippen LogP contribution in [-0.4, -0.2) is 57.9 Å². The standard InChI is InChI=1S/C25H38O6/c1-4-5-6-7-9-17(2)14-21(28)23-16-24-22(30-24)13-12-20(27)19(26)11-8-10-18(3)15-25(29)31-23/h4-5,7-9,11-13,17-24,26-28H,6,10,14-16H2,1-3H3/b5-4+,9-7+,11-8+,13-12+/t17-,18-,19-,20-,21-,22-,23-,24-/m0/s1. The molecule has 0 aromatic rings. The van der Waals surface area contributed by atoms with Crippen molar-refractivity contribution in [2.45, 2.75) is 89.5 Å². The van der Waals surface area contributed by atoms with Gasteiger partial charge in [-0.1, -0.05) is 62.5 Å². The Morgan fingerprint density at radius 1 is 1.19 bits per heavy atom. The Kier molecular flexibility index (Phi) is 10.7. The van der Waals surface area contributed by atoms with Gasteiger partial charge in [-0.15, -0.1) is 0 Å². The zero-order valence-electron chi connectivity index (χ0n) is 18.8. The number of carbonyl (C=O) groups is 1. The summed E-state index contributed by atoms with van der Waals surface area (Å²) in [5, 5.41) is 30.9. The molecule has 3 N–H and O–H groups in total. The second-order valence-corrected chi connectivity index (χ2v) is 8.76. The van der Waals surface area contributed by atoms with E-state index in [2.05, 4.69) is 18.2 Å². The van der Waals surface area contributed by atoms with Gasteiger partial charge < -0.3 is 24.8 Å². The van der Waals surface area contributed by atoms with Crippen molar-refractivity contribution in [1.29, 1.82) is 0 Å². The Bertz CT molecular complexity index is 667. The maximum atomic E-state index is 12.5. The molecule has 2 aliphatic rings. The lowest BCUT2D eigenvalue weighted by Crippen LogP contribution is -2.34. The first-order valence-corrected chi connectivity index (χ1v) is 11.3. The number of epoxide rings is 1. The van der Waals surface area contributed by atoms with Gasteiger partial charge in [-0.2, -0.15) is 0 Å². The predicted octanol–water partition coefficient (Wildman–Crippen LogP) is 3.23. The number of hydrogen-bond acceptors (Lipinski definition) is 6. The van der Waals surface area contributed by atoms with E-state index >= 15 is 0 Å². The van der Waals surface area contributed by atoms with Gasteiger partial charge >= 0.3 is 5.97 Å². The average molecular weight is 435 g/mol. The van der Waals surface area contributed by atoms with Crippen molar-refractivity contribution in [3.05, 3.63) is 48.6 Å². The molecule has 2 aliphatic heterocycles. The number of rotatable bonds is 6. The van der Waals surface area contributed by atoms with E-state index in [1.165, 1.54) is 6.08 Å². The summed E-state index contributed by atoms with van der Waals surface area (Å²) in [7, 11) is 0. The molecule has 0 unspecified atom stereocenters. The molecular weight excluding hydrogens is 396 g/mol. The first kappa shape index (κ1) is 25.5. The highest BCUT2D eigenvalue weighted by Crippen LogP contribution is 2.31. The monoisotopic (exact) mass is 434 g/mol. The number of aliphatic hydroxyl groups excluding tert-OH is 3. The lowest BCUT2D eigenvalue weighted by Gasteiger charge is -2.25. The van der Waals surface area contributed by atoms with Crippen molar-refractivity contribution in [2.75, 3.05) is 0 Å². The molecular formula is C25H38O6. The lowest BCUT2D eigenvalue weighted by atomic mass is 9.96. The number of fused-ring (bicyclic) bond motifs is 1. The lowest BCUT2D eigenvalue weighted by molar-refractivity contribution is -0.157. The molecule has 0 aromatic carbocycles. The maximum Gasteiger partial charge on any atom is 0.306 e. The van der Waals surface area contributed by atoms with Crippen LogP contribution in [0.1, 0.15) is 52.9 Å². The largest absolute Gasteiger partial charge is 0.459 e. The van der Waals surface area contributed by atoms with Crippen LogP contribution in [0.4, 0.5) is 0 Å². The Labute approximate surface area is 185 Å². The summed E-state index contributed by atoms with van der Waals surface area (Å²) in [6.45, 7) is 5.94. The zero-order chi connectivity index (χ0) is 22.8. The molecule has 0 spiro atoms. The Hall–Kier alpha value is -1.73. The van der Waals surface area contributed by atoms with E-state index in [4.69, 9.17) is 9.47 Å². The molecule has 6 nitrogen and oxygen atoms in total. The molecule has 2 rings (SSSR count). The third-order valence-electron chi connectivity index (χ3n) is 5.62. The Balaban J connectivity index is 2.04. The van der Waals surface area contributed by atoms with Crippen LogP contribution in [0.15, 0.2) is 48.6 Å². The first-order valence-electron chi connectivity index (χ1n) is 11.3. The minimum atomic E-state index is -1.02. The number of esters is 1. The van der Waals surface area contributed by atoms with Gasteiger partial charge in [0.15, 0.2) is 0 Å². The molecule has 174 valence electrons. The molecule has 0 saturated carbocycles. The normalized spacial score (nSPS) is 36.8.